The summed E-state index contributed by atoms with van der Waals surface area (Å²) in [6.45, 7) is 7.59. The molecule has 0 heterocycles. The normalized spacial score (nSPS) is 10.4. The van der Waals surface area contributed by atoms with E-state index in [1.165, 1.54) is 0 Å². The molecule has 0 fully saturated rings. The minimum absolute atomic E-state index is 0.309. The number of anilines is 1. The summed E-state index contributed by atoms with van der Waals surface area (Å²) in [4.78, 5) is 11.2. The van der Waals surface area contributed by atoms with Crippen molar-refractivity contribution < 1.29 is 19.4 Å². The topological polar surface area (TPSA) is 67.8 Å². The van der Waals surface area contributed by atoms with E-state index >= 15 is 0 Å². The highest BCUT2D eigenvalue weighted by Gasteiger charge is 2.11. The van der Waals surface area contributed by atoms with Crippen LogP contribution in [0.5, 0.6) is 11.5 Å². The van der Waals surface area contributed by atoms with Gasteiger partial charge in [0.15, 0.2) is 11.5 Å². The number of ether oxygens (including phenoxy) is 2. The van der Waals surface area contributed by atoms with Crippen molar-refractivity contribution in [2.75, 3.05) is 18.5 Å². The lowest BCUT2D eigenvalue weighted by molar-refractivity contribution is 0.0696. The van der Waals surface area contributed by atoms with Crippen molar-refractivity contribution in [3.05, 3.63) is 53.1 Å². The number of aromatic carboxylic acids is 1. The molecule has 0 spiro atoms. The molecular formula is C20H25NO4. The summed E-state index contributed by atoms with van der Waals surface area (Å²) in [6.07, 6.45) is 0.939. The average molecular weight is 343 g/mol. The number of carboxylic acid groups (broad SMARTS) is 1. The van der Waals surface area contributed by atoms with E-state index in [2.05, 4.69) is 12.2 Å². The van der Waals surface area contributed by atoms with E-state index < -0.39 is 5.97 Å². The molecule has 0 unspecified atom stereocenters. The number of nitrogens with one attached hydrogen (secondary N) is 1. The Morgan fingerprint density at radius 3 is 2.60 bits per heavy atom. The van der Waals surface area contributed by atoms with Crippen LogP contribution in [0.1, 0.15) is 41.8 Å². The molecule has 5 heteroatoms. The van der Waals surface area contributed by atoms with Crippen molar-refractivity contribution in [1.82, 2.24) is 0 Å². The van der Waals surface area contributed by atoms with Gasteiger partial charge in [-0.2, -0.15) is 0 Å². The second-order valence-corrected chi connectivity index (χ2v) is 5.70. The van der Waals surface area contributed by atoms with Gasteiger partial charge in [0.2, 0.25) is 0 Å². The minimum Gasteiger partial charge on any atom is -0.490 e. The summed E-state index contributed by atoms with van der Waals surface area (Å²) in [6, 6.07) is 11.1. The molecule has 5 nitrogen and oxygen atoms in total. The molecule has 0 saturated carbocycles. The van der Waals surface area contributed by atoms with Crippen LogP contribution in [0.4, 0.5) is 5.69 Å². The predicted octanol–water partition coefficient (Wildman–Crippen LogP) is 4.49. The first-order valence-corrected chi connectivity index (χ1v) is 8.52. The molecule has 0 atom stereocenters. The highest BCUT2D eigenvalue weighted by Crippen LogP contribution is 2.29. The molecule has 0 aliphatic heterocycles. The molecule has 0 amide bonds. The first kappa shape index (κ1) is 18.6. The number of rotatable bonds is 9. The van der Waals surface area contributed by atoms with Gasteiger partial charge >= 0.3 is 5.97 Å². The Labute approximate surface area is 148 Å². The molecular weight excluding hydrogens is 318 g/mol. The second-order valence-electron chi connectivity index (χ2n) is 5.70. The van der Waals surface area contributed by atoms with Gasteiger partial charge in [0.25, 0.3) is 0 Å². The summed E-state index contributed by atoms with van der Waals surface area (Å²) >= 11 is 0. The van der Waals surface area contributed by atoms with Crippen LogP contribution in [0.2, 0.25) is 0 Å². The van der Waals surface area contributed by atoms with E-state index in [-0.39, 0.29) is 0 Å². The fourth-order valence-electron chi connectivity index (χ4n) is 2.52. The van der Waals surface area contributed by atoms with Gasteiger partial charge in [-0.3, -0.25) is 0 Å². The van der Waals surface area contributed by atoms with Crippen molar-refractivity contribution in [2.24, 2.45) is 0 Å². The van der Waals surface area contributed by atoms with Gasteiger partial charge < -0.3 is 19.9 Å². The van der Waals surface area contributed by atoms with Crippen LogP contribution in [0, 0.1) is 6.92 Å². The SMILES string of the molecule is CCCOc1ccc(CNc2cccc(C(=O)O)c2C)cc1OCC. The van der Waals surface area contributed by atoms with Crippen LogP contribution in [0.15, 0.2) is 36.4 Å². The van der Waals surface area contributed by atoms with E-state index in [0.29, 0.717) is 25.3 Å². The number of carbonyl (C=O) groups is 1. The standard InChI is InChI=1S/C20H25NO4/c1-4-11-25-18-10-9-15(12-19(18)24-5-2)13-21-17-8-6-7-16(14(17)3)20(22)23/h6-10,12,21H,4-5,11,13H2,1-3H3,(H,22,23). The Hall–Kier alpha value is -2.69. The van der Waals surface area contributed by atoms with Gasteiger partial charge in [-0.05, 0) is 55.7 Å². The zero-order chi connectivity index (χ0) is 18.2. The first-order chi connectivity index (χ1) is 12.1. The zero-order valence-electron chi connectivity index (χ0n) is 15.0. The lowest BCUT2D eigenvalue weighted by Crippen LogP contribution is -2.06. The largest absolute Gasteiger partial charge is 0.490 e. The Morgan fingerprint density at radius 1 is 1.12 bits per heavy atom. The van der Waals surface area contributed by atoms with Crippen molar-refractivity contribution >= 4 is 11.7 Å². The van der Waals surface area contributed by atoms with E-state index in [1.807, 2.05) is 31.2 Å². The minimum atomic E-state index is -0.919. The lowest BCUT2D eigenvalue weighted by atomic mass is 10.1. The van der Waals surface area contributed by atoms with E-state index in [9.17, 15) is 9.90 Å². The zero-order valence-corrected chi connectivity index (χ0v) is 15.0. The fourth-order valence-corrected chi connectivity index (χ4v) is 2.52. The third-order valence-corrected chi connectivity index (χ3v) is 3.82. The number of carboxylic acids is 1. The van der Waals surface area contributed by atoms with Gasteiger partial charge in [-0.25, -0.2) is 4.79 Å². The maximum atomic E-state index is 11.2. The molecule has 0 saturated heterocycles. The maximum absolute atomic E-state index is 11.2. The predicted molar refractivity (Wildman–Crippen MR) is 98.9 cm³/mol. The first-order valence-electron chi connectivity index (χ1n) is 8.52. The smallest absolute Gasteiger partial charge is 0.336 e. The molecule has 134 valence electrons. The third kappa shape index (κ3) is 4.89. The monoisotopic (exact) mass is 343 g/mol. The lowest BCUT2D eigenvalue weighted by Gasteiger charge is -2.15. The van der Waals surface area contributed by atoms with Crippen molar-refractivity contribution in [3.63, 3.8) is 0 Å². The van der Waals surface area contributed by atoms with Gasteiger partial charge in [-0.1, -0.05) is 19.1 Å². The quantitative estimate of drug-likeness (QED) is 0.702. The Kier molecular flexibility index (Phi) is 6.69. The van der Waals surface area contributed by atoms with Gasteiger partial charge in [0.1, 0.15) is 0 Å². The highest BCUT2D eigenvalue weighted by atomic mass is 16.5. The van der Waals surface area contributed by atoms with Crippen molar-refractivity contribution in [3.8, 4) is 11.5 Å². The summed E-state index contributed by atoms with van der Waals surface area (Å²) in [5, 5.41) is 12.5. The molecule has 2 rings (SSSR count). The van der Waals surface area contributed by atoms with E-state index in [1.54, 1.807) is 19.1 Å². The Balaban J connectivity index is 2.14. The van der Waals surface area contributed by atoms with Crippen LogP contribution in [0.25, 0.3) is 0 Å². The molecule has 2 aromatic rings. The molecule has 0 aliphatic carbocycles. The maximum Gasteiger partial charge on any atom is 0.336 e. The molecule has 0 bridgehead atoms. The van der Waals surface area contributed by atoms with E-state index in [4.69, 9.17) is 9.47 Å². The average Bonchev–Trinajstić information content (AvgIpc) is 2.60. The fraction of sp³-hybridized carbons (Fsp3) is 0.350. The molecule has 0 aliphatic rings. The van der Waals surface area contributed by atoms with Crippen LogP contribution in [-0.4, -0.2) is 24.3 Å². The Morgan fingerprint density at radius 2 is 1.92 bits per heavy atom. The van der Waals surface area contributed by atoms with E-state index in [0.717, 1.165) is 34.7 Å². The molecule has 0 aromatic heterocycles. The molecule has 25 heavy (non-hydrogen) atoms. The highest BCUT2D eigenvalue weighted by molar-refractivity contribution is 5.91. The van der Waals surface area contributed by atoms with Gasteiger partial charge in [-0.15, -0.1) is 0 Å². The molecule has 2 aromatic carbocycles. The third-order valence-electron chi connectivity index (χ3n) is 3.82. The summed E-state index contributed by atoms with van der Waals surface area (Å²) in [7, 11) is 0. The summed E-state index contributed by atoms with van der Waals surface area (Å²) < 4.78 is 11.4. The van der Waals surface area contributed by atoms with Crippen molar-refractivity contribution in [2.45, 2.75) is 33.7 Å². The molecule has 2 N–H and O–H groups in total. The van der Waals surface area contributed by atoms with Gasteiger partial charge in [0.05, 0.1) is 18.8 Å². The van der Waals surface area contributed by atoms with Crippen LogP contribution in [-0.2, 0) is 6.54 Å². The molecule has 0 radical (unpaired) electrons. The number of hydrogen-bond acceptors (Lipinski definition) is 4. The Bertz CT molecular complexity index is 728. The van der Waals surface area contributed by atoms with Crippen LogP contribution in [0.3, 0.4) is 0 Å². The van der Waals surface area contributed by atoms with Crippen LogP contribution < -0.4 is 14.8 Å². The van der Waals surface area contributed by atoms with Crippen molar-refractivity contribution in [1.29, 1.82) is 0 Å². The number of hydrogen-bond donors (Lipinski definition) is 2. The summed E-state index contributed by atoms with van der Waals surface area (Å²) in [5.74, 6) is 0.556. The van der Waals surface area contributed by atoms with Crippen LogP contribution >= 0.6 is 0 Å². The summed E-state index contributed by atoms with van der Waals surface area (Å²) in [5.41, 5.74) is 2.88. The number of benzene rings is 2. The second kappa shape index (κ2) is 8.97. The van der Waals surface area contributed by atoms with Gasteiger partial charge in [0, 0.05) is 12.2 Å².